The molecule has 0 aliphatic rings. The number of rotatable bonds is 5. The minimum absolute atomic E-state index is 0.0584. The van der Waals surface area contributed by atoms with Gasteiger partial charge in [0.25, 0.3) is 5.91 Å². The Morgan fingerprint density at radius 2 is 1.70 bits per heavy atom. The van der Waals surface area contributed by atoms with Crippen LogP contribution in [0.3, 0.4) is 0 Å². The number of benzene rings is 2. The van der Waals surface area contributed by atoms with E-state index in [0.717, 1.165) is 11.1 Å². The molecular weight excluding hydrogens is 362 g/mol. The molecule has 1 amide bonds. The largest absolute Gasteiger partial charge is 0.593 e. The first-order valence-electron chi connectivity index (χ1n) is 8.13. The molecule has 0 radical (unpaired) electrons. The molecule has 3 rings (SSSR count). The molecular formula is C19H19N5O2S. The summed E-state index contributed by atoms with van der Waals surface area (Å²) in [6.07, 6.45) is 3.08. The molecule has 2 aromatic carbocycles. The van der Waals surface area contributed by atoms with Crippen molar-refractivity contribution in [2.24, 2.45) is 0 Å². The molecule has 8 heteroatoms. The van der Waals surface area contributed by atoms with Crippen molar-refractivity contribution in [3.05, 3.63) is 66.0 Å². The second-order valence-electron chi connectivity index (χ2n) is 5.94. The number of anilines is 3. The minimum atomic E-state index is -1.16. The number of nitrogen functional groups attached to an aromatic ring is 1. The number of hydrogen-bond donors (Lipinski definition) is 3. The summed E-state index contributed by atoms with van der Waals surface area (Å²) in [6, 6.07) is 14.6. The number of aromatic nitrogens is 2. The molecule has 0 aliphatic carbocycles. The first-order chi connectivity index (χ1) is 12.9. The Morgan fingerprint density at radius 3 is 2.33 bits per heavy atom. The quantitative estimate of drug-likeness (QED) is 0.585. The van der Waals surface area contributed by atoms with Gasteiger partial charge in [0.1, 0.15) is 6.26 Å². The van der Waals surface area contributed by atoms with Crippen LogP contribution in [-0.4, -0.2) is 26.7 Å². The Bertz CT molecular complexity index is 943. The van der Waals surface area contributed by atoms with Crippen molar-refractivity contribution in [2.75, 3.05) is 22.0 Å². The predicted molar refractivity (Wildman–Crippen MR) is 109 cm³/mol. The third-order valence-electron chi connectivity index (χ3n) is 3.77. The average molecular weight is 381 g/mol. The highest BCUT2D eigenvalue weighted by atomic mass is 32.2. The normalized spacial score (nSPS) is 11.7. The van der Waals surface area contributed by atoms with Crippen LogP contribution in [-0.2, 0) is 11.4 Å². The molecule has 3 aromatic rings. The second kappa shape index (κ2) is 8.07. The van der Waals surface area contributed by atoms with Gasteiger partial charge in [0.15, 0.2) is 11.5 Å². The van der Waals surface area contributed by atoms with Crippen LogP contribution in [0.25, 0.3) is 11.3 Å². The molecule has 0 aliphatic heterocycles. The first-order valence-corrected chi connectivity index (χ1v) is 9.69. The highest BCUT2D eigenvalue weighted by molar-refractivity contribution is 7.92. The number of nitrogens with two attached hydrogens (primary N) is 1. The maximum Gasteiger partial charge on any atom is 0.278 e. The third kappa shape index (κ3) is 4.75. The van der Waals surface area contributed by atoms with Crippen LogP contribution >= 0.6 is 0 Å². The lowest BCUT2D eigenvalue weighted by Gasteiger charge is -2.10. The Balaban J connectivity index is 1.80. The molecule has 0 fully saturated rings. The molecule has 4 N–H and O–H groups in total. The number of amides is 1. The molecule has 0 bridgehead atoms. The topological polar surface area (TPSA) is 116 Å². The van der Waals surface area contributed by atoms with E-state index in [0.29, 0.717) is 17.1 Å². The van der Waals surface area contributed by atoms with Crippen molar-refractivity contribution in [3.8, 4) is 11.3 Å². The SMILES string of the molecule is Cc1ccc(-c2cnc(N)c(C(=O)Nc3ccc(N[S+](C)[O-])cc3)n2)cc1. The van der Waals surface area contributed by atoms with Crippen LogP contribution in [0.1, 0.15) is 16.1 Å². The lowest BCUT2D eigenvalue weighted by atomic mass is 10.1. The molecule has 7 nitrogen and oxygen atoms in total. The van der Waals surface area contributed by atoms with Crippen LogP contribution in [0, 0.1) is 6.92 Å². The minimum Gasteiger partial charge on any atom is -0.593 e. The van der Waals surface area contributed by atoms with E-state index in [-0.39, 0.29) is 11.5 Å². The number of aryl methyl sites for hydroxylation is 1. The predicted octanol–water partition coefficient (Wildman–Crippen LogP) is 2.99. The summed E-state index contributed by atoms with van der Waals surface area (Å²) in [5, 5.41) is 2.74. The number of nitrogens with one attached hydrogen (secondary N) is 2. The summed E-state index contributed by atoms with van der Waals surface area (Å²) in [7, 11) is 0. The molecule has 0 saturated heterocycles. The zero-order chi connectivity index (χ0) is 19.4. The van der Waals surface area contributed by atoms with Gasteiger partial charge in [-0.1, -0.05) is 29.8 Å². The highest BCUT2D eigenvalue weighted by Gasteiger charge is 2.15. The molecule has 138 valence electrons. The van der Waals surface area contributed by atoms with Gasteiger partial charge in [-0.05, 0) is 31.2 Å². The van der Waals surface area contributed by atoms with E-state index in [1.807, 2.05) is 31.2 Å². The van der Waals surface area contributed by atoms with E-state index in [4.69, 9.17) is 5.73 Å². The number of carbonyl (C=O) groups excluding carboxylic acids is 1. The molecule has 1 unspecified atom stereocenters. The van der Waals surface area contributed by atoms with Gasteiger partial charge in [0.05, 0.1) is 28.9 Å². The number of hydrogen-bond acceptors (Lipinski definition) is 6. The van der Waals surface area contributed by atoms with Gasteiger partial charge in [0.2, 0.25) is 0 Å². The Kier molecular flexibility index (Phi) is 5.58. The van der Waals surface area contributed by atoms with Gasteiger partial charge in [-0.2, -0.15) is 0 Å². The van der Waals surface area contributed by atoms with Crippen LogP contribution in [0.2, 0.25) is 0 Å². The van der Waals surface area contributed by atoms with Gasteiger partial charge in [-0.3, -0.25) is 4.79 Å². The smallest absolute Gasteiger partial charge is 0.278 e. The standard InChI is InChI=1S/C19H19N5O2S/c1-12-3-5-13(6-4-12)16-11-21-18(20)17(23-16)19(25)22-14-7-9-15(10-8-14)24-27(2)26/h3-11,24H,1-2H3,(H2,20,21)(H,22,25). The summed E-state index contributed by atoms with van der Waals surface area (Å²) in [5.41, 5.74) is 9.71. The van der Waals surface area contributed by atoms with Crippen LogP contribution < -0.4 is 15.8 Å². The molecule has 27 heavy (non-hydrogen) atoms. The van der Waals surface area contributed by atoms with E-state index in [1.165, 1.54) is 6.26 Å². The fourth-order valence-corrected chi connectivity index (χ4v) is 2.87. The van der Waals surface area contributed by atoms with Crippen LogP contribution in [0.4, 0.5) is 17.2 Å². The van der Waals surface area contributed by atoms with Gasteiger partial charge in [-0.25, -0.2) is 14.7 Å². The van der Waals surface area contributed by atoms with Crippen molar-refractivity contribution in [2.45, 2.75) is 6.92 Å². The van der Waals surface area contributed by atoms with Crippen molar-refractivity contribution in [1.29, 1.82) is 0 Å². The van der Waals surface area contributed by atoms with Gasteiger partial charge < -0.3 is 15.6 Å². The monoisotopic (exact) mass is 381 g/mol. The lowest BCUT2D eigenvalue weighted by molar-refractivity contribution is 0.102. The third-order valence-corrected chi connectivity index (χ3v) is 4.29. The fourth-order valence-electron chi connectivity index (χ4n) is 2.41. The molecule has 0 spiro atoms. The molecule has 1 atom stereocenters. The lowest BCUT2D eigenvalue weighted by Crippen LogP contribution is -2.17. The van der Waals surface area contributed by atoms with Crippen molar-refractivity contribution >= 4 is 34.5 Å². The molecule has 1 aromatic heterocycles. The molecule has 0 saturated carbocycles. The summed E-state index contributed by atoms with van der Waals surface area (Å²) in [6.45, 7) is 2.00. The summed E-state index contributed by atoms with van der Waals surface area (Å²) in [4.78, 5) is 21.0. The zero-order valence-electron chi connectivity index (χ0n) is 14.9. The Hall–Kier alpha value is -3.10. The van der Waals surface area contributed by atoms with Crippen LogP contribution in [0.5, 0.6) is 0 Å². The summed E-state index contributed by atoms with van der Waals surface area (Å²) < 4.78 is 13.9. The van der Waals surface area contributed by atoms with E-state index >= 15 is 0 Å². The van der Waals surface area contributed by atoms with Gasteiger partial charge in [-0.15, -0.1) is 0 Å². The van der Waals surface area contributed by atoms with Crippen LogP contribution in [0.15, 0.2) is 54.7 Å². The van der Waals surface area contributed by atoms with Gasteiger partial charge in [0, 0.05) is 11.3 Å². The van der Waals surface area contributed by atoms with Crippen molar-refractivity contribution in [3.63, 3.8) is 0 Å². The first kappa shape index (κ1) is 18.7. The fraction of sp³-hybridized carbons (Fsp3) is 0.105. The Morgan fingerprint density at radius 1 is 1.07 bits per heavy atom. The summed E-state index contributed by atoms with van der Waals surface area (Å²) >= 11 is -1.16. The maximum absolute atomic E-state index is 12.6. The molecule has 1 heterocycles. The van der Waals surface area contributed by atoms with E-state index in [9.17, 15) is 9.35 Å². The second-order valence-corrected chi connectivity index (χ2v) is 7.06. The average Bonchev–Trinajstić information content (AvgIpc) is 2.64. The number of carbonyl (C=O) groups is 1. The van der Waals surface area contributed by atoms with Crippen molar-refractivity contribution in [1.82, 2.24) is 9.97 Å². The Labute approximate surface area is 160 Å². The van der Waals surface area contributed by atoms with E-state index in [1.54, 1.807) is 30.5 Å². The van der Waals surface area contributed by atoms with E-state index in [2.05, 4.69) is 20.0 Å². The number of nitrogens with zero attached hydrogens (tertiary/aromatic N) is 2. The summed E-state index contributed by atoms with van der Waals surface area (Å²) in [5.74, 6) is -0.392. The van der Waals surface area contributed by atoms with Gasteiger partial charge >= 0.3 is 0 Å². The zero-order valence-corrected chi connectivity index (χ0v) is 15.7. The van der Waals surface area contributed by atoms with Crippen molar-refractivity contribution < 1.29 is 9.35 Å². The highest BCUT2D eigenvalue weighted by Crippen LogP contribution is 2.20. The maximum atomic E-state index is 12.6. The van der Waals surface area contributed by atoms with E-state index < -0.39 is 17.3 Å².